The molecule has 0 bridgehead atoms. The highest BCUT2D eigenvalue weighted by Crippen LogP contribution is 1.91. The third-order valence-electron chi connectivity index (χ3n) is 1.58. The normalized spacial score (nSPS) is 12.2. The lowest BCUT2D eigenvalue weighted by molar-refractivity contribution is -0.139. The van der Waals surface area contributed by atoms with Crippen molar-refractivity contribution in [1.82, 2.24) is 5.32 Å². The summed E-state index contributed by atoms with van der Waals surface area (Å²) >= 11 is 0. The SMILES string of the molecule is CCC(NCC=C(C)C)C(=O)O. The van der Waals surface area contributed by atoms with E-state index in [9.17, 15) is 4.79 Å². The van der Waals surface area contributed by atoms with Crippen molar-refractivity contribution in [2.24, 2.45) is 0 Å². The van der Waals surface area contributed by atoms with E-state index in [0.717, 1.165) is 0 Å². The maximum atomic E-state index is 10.5. The van der Waals surface area contributed by atoms with Crippen LogP contribution in [0.2, 0.25) is 0 Å². The van der Waals surface area contributed by atoms with Gasteiger partial charge < -0.3 is 10.4 Å². The third-order valence-corrected chi connectivity index (χ3v) is 1.58. The van der Waals surface area contributed by atoms with Crippen LogP contribution in [0, 0.1) is 0 Å². The van der Waals surface area contributed by atoms with Crippen LogP contribution in [0.25, 0.3) is 0 Å². The molecule has 0 rings (SSSR count). The van der Waals surface area contributed by atoms with Crippen LogP contribution in [0.3, 0.4) is 0 Å². The standard InChI is InChI=1S/C9H17NO2/c1-4-8(9(11)12)10-6-5-7(2)3/h5,8,10H,4,6H2,1-3H3,(H,11,12). The van der Waals surface area contributed by atoms with Crippen LogP contribution in [0.5, 0.6) is 0 Å². The summed E-state index contributed by atoms with van der Waals surface area (Å²) in [5.41, 5.74) is 1.20. The Morgan fingerprint density at radius 2 is 2.17 bits per heavy atom. The molecule has 0 fully saturated rings. The maximum Gasteiger partial charge on any atom is 0.320 e. The van der Waals surface area contributed by atoms with Gasteiger partial charge in [0, 0.05) is 6.54 Å². The quantitative estimate of drug-likeness (QED) is 0.615. The molecule has 0 heterocycles. The van der Waals surface area contributed by atoms with Crippen molar-refractivity contribution >= 4 is 5.97 Å². The number of allylic oxidation sites excluding steroid dienone is 1. The van der Waals surface area contributed by atoms with E-state index in [1.807, 2.05) is 26.8 Å². The van der Waals surface area contributed by atoms with E-state index in [1.54, 1.807) is 0 Å². The smallest absolute Gasteiger partial charge is 0.320 e. The molecule has 0 aliphatic heterocycles. The van der Waals surface area contributed by atoms with Crippen molar-refractivity contribution in [2.45, 2.75) is 33.2 Å². The zero-order valence-electron chi connectivity index (χ0n) is 7.92. The number of aliphatic carboxylic acids is 1. The molecule has 0 aromatic carbocycles. The van der Waals surface area contributed by atoms with Crippen molar-refractivity contribution in [1.29, 1.82) is 0 Å². The van der Waals surface area contributed by atoms with Gasteiger partial charge in [0.25, 0.3) is 0 Å². The van der Waals surface area contributed by atoms with Gasteiger partial charge in [-0.15, -0.1) is 0 Å². The van der Waals surface area contributed by atoms with E-state index in [0.29, 0.717) is 13.0 Å². The van der Waals surface area contributed by atoms with Crippen LogP contribution in [-0.2, 0) is 4.79 Å². The molecule has 0 saturated heterocycles. The Hall–Kier alpha value is -0.830. The molecule has 0 amide bonds. The second-order valence-corrected chi connectivity index (χ2v) is 2.99. The minimum absolute atomic E-state index is 0.416. The number of hydrogen-bond donors (Lipinski definition) is 2. The molecule has 0 aromatic heterocycles. The maximum absolute atomic E-state index is 10.5. The average Bonchev–Trinajstić information content (AvgIpc) is 1.96. The van der Waals surface area contributed by atoms with E-state index in [1.165, 1.54) is 5.57 Å². The fourth-order valence-electron chi connectivity index (χ4n) is 0.812. The van der Waals surface area contributed by atoms with Crippen LogP contribution in [-0.4, -0.2) is 23.7 Å². The first kappa shape index (κ1) is 11.2. The van der Waals surface area contributed by atoms with Crippen LogP contribution < -0.4 is 5.32 Å². The summed E-state index contributed by atoms with van der Waals surface area (Å²) in [7, 11) is 0. The third kappa shape index (κ3) is 4.91. The van der Waals surface area contributed by atoms with Gasteiger partial charge in [-0.05, 0) is 20.3 Å². The molecule has 70 valence electrons. The number of rotatable bonds is 5. The van der Waals surface area contributed by atoms with Gasteiger partial charge in [-0.1, -0.05) is 18.6 Å². The van der Waals surface area contributed by atoms with Gasteiger partial charge >= 0.3 is 5.97 Å². The highest BCUT2D eigenvalue weighted by Gasteiger charge is 2.11. The Morgan fingerprint density at radius 3 is 2.50 bits per heavy atom. The van der Waals surface area contributed by atoms with Crippen molar-refractivity contribution in [3.8, 4) is 0 Å². The Morgan fingerprint density at radius 1 is 1.58 bits per heavy atom. The number of nitrogens with one attached hydrogen (secondary N) is 1. The Balaban J connectivity index is 3.74. The molecule has 0 spiro atoms. The van der Waals surface area contributed by atoms with Gasteiger partial charge in [-0.3, -0.25) is 4.79 Å². The van der Waals surface area contributed by atoms with E-state index in [2.05, 4.69) is 5.32 Å². The fourth-order valence-corrected chi connectivity index (χ4v) is 0.812. The molecule has 3 nitrogen and oxygen atoms in total. The van der Waals surface area contributed by atoms with E-state index in [-0.39, 0.29) is 0 Å². The molecule has 1 atom stereocenters. The molecular weight excluding hydrogens is 154 g/mol. The molecule has 1 unspecified atom stereocenters. The van der Waals surface area contributed by atoms with Crippen molar-refractivity contribution < 1.29 is 9.90 Å². The lowest BCUT2D eigenvalue weighted by atomic mass is 10.2. The van der Waals surface area contributed by atoms with Gasteiger partial charge in [0.1, 0.15) is 6.04 Å². The van der Waals surface area contributed by atoms with Gasteiger partial charge in [-0.25, -0.2) is 0 Å². The van der Waals surface area contributed by atoms with Crippen molar-refractivity contribution in [2.75, 3.05) is 6.54 Å². The average molecular weight is 171 g/mol. The molecule has 2 N–H and O–H groups in total. The molecule has 3 heteroatoms. The summed E-state index contributed by atoms with van der Waals surface area (Å²) in [6.45, 7) is 6.47. The number of carbonyl (C=O) groups is 1. The van der Waals surface area contributed by atoms with E-state index >= 15 is 0 Å². The predicted octanol–water partition coefficient (Wildman–Crippen LogP) is 1.41. The lowest BCUT2D eigenvalue weighted by Gasteiger charge is -2.09. The molecule has 0 saturated carbocycles. The Labute approximate surface area is 73.5 Å². The lowest BCUT2D eigenvalue weighted by Crippen LogP contribution is -2.36. The highest BCUT2D eigenvalue weighted by molar-refractivity contribution is 5.73. The molecule has 0 aliphatic carbocycles. The minimum atomic E-state index is -0.778. The molecule has 12 heavy (non-hydrogen) atoms. The number of hydrogen-bond acceptors (Lipinski definition) is 2. The van der Waals surface area contributed by atoms with Crippen molar-refractivity contribution in [3.05, 3.63) is 11.6 Å². The second kappa shape index (κ2) is 5.77. The first-order valence-corrected chi connectivity index (χ1v) is 4.17. The van der Waals surface area contributed by atoms with Gasteiger partial charge in [-0.2, -0.15) is 0 Å². The van der Waals surface area contributed by atoms with Gasteiger partial charge in [0.15, 0.2) is 0 Å². The highest BCUT2D eigenvalue weighted by atomic mass is 16.4. The summed E-state index contributed by atoms with van der Waals surface area (Å²) in [6, 6.07) is -0.416. The van der Waals surface area contributed by atoms with Gasteiger partial charge in [0.05, 0.1) is 0 Å². The zero-order chi connectivity index (χ0) is 9.56. The monoisotopic (exact) mass is 171 g/mol. The van der Waals surface area contributed by atoms with Crippen LogP contribution >= 0.6 is 0 Å². The summed E-state index contributed by atoms with van der Waals surface area (Å²) in [5.74, 6) is -0.778. The molecule has 0 aromatic rings. The van der Waals surface area contributed by atoms with E-state index in [4.69, 9.17) is 5.11 Å². The van der Waals surface area contributed by atoms with Crippen molar-refractivity contribution in [3.63, 3.8) is 0 Å². The van der Waals surface area contributed by atoms with Crippen LogP contribution in [0.15, 0.2) is 11.6 Å². The Kier molecular flexibility index (Phi) is 5.37. The number of carboxylic acids is 1. The Bertz CT molecular complexity index is 171. The zero-order valence-corrected chi connectivity index (χ0v) is 7.92. The summed E-state index contributed by atoms with van der Waals surface area (Å²) in [6.07, 6.45) is 2.59. The largest absolute Gasteiger partial charge is 0.480 e. The van der Waals surface area contributed by atoms with Gasteiger partial charge in [0.2, 0.25) is 0 Å². The minimum Gasteiger partial charge on any atom is -0.480 e. The number of carboxylic acid groups (broad SMARTS) is 1. The second-order valence-electron chi connectivity index (χ2n) is 2.99. The first-order chi connectivity index (χ1) is 5.57. The van der Waals surface area contributed by atoms with E-state index < -0.39 is 12.0 Å². The molecule has 0 aliphatic rings. The first-order valence-electron chi connectivity index (χ1n) is 4.17. The van der Waals surface area contributed by atoms with Crippen LogP contribution in [0.4, 0.5) is 0 Å². The fraction of sp³-hybridized carbons (Fsp3) is 0.667. The van der Waals surface area contributed by atoms with Crippen LogP contribution in [0.1, 0.15) is 27.2 Å². The summed E-state index contributed by atoms with van der Waals surface area (Å²) in [4.78, 5) is 10.5. The summed E-state index contributed by atoms with van der Waals surface area (Å²) in [5, 5.41) is 11.6. The summed E-state index contributed by atoms with van der Waals surface area (Å²) < 4.78 is 0. The predicted molar refractivity (Wildman–Crippen MR) is 49.1 cm³/mol. The molecular formula is C9H17NO2. The topological polar surface area (TPSA) is 49.3 Å². The molecule has 0 radical (unpaired) electrons.